The smallest absolute Gasteiger partial charge is 0.475 e. The van der Waals surface area contributed by atoms with Crippen LogP contribution in [0.3, 0.4) is 0 Å². The largest absolute Gasteiger partial charge is 0.490 e. The van der Waals surface area contributed by atoms with Gasteiger partial charge in [-0.1, -0.05) is 0 Å². The van der Waals surface area contributed by atoms with Crippen LogP contribution < -0.4 is 4.90 Å². The molecule has 0 spiro atoms. The topological polar surface area (TPSA) is 140 Å². The first-order valence-electron chi connectivity index (χ1n) is 11.9. The summed E-state index contributed by atoms with van der Waals surface area (Å²) in [6.07, 6.45) is -5.91. The van der Waals surface area contributed by atoms with Crippen LogP contribution in [-0.2, 0) is 32.2 Å². The van der Waals surface area contributed by atoms with Crippen molar-refractivity contribution < 1.29 is 55.6 Å². The molecule has 2 aromatic heterocycles. The molecule has 2 N–H and O–H groups in total. The van der Waals surface area contributed by atoms with E-state index in [9.17, 15) is 26.3 Å². The van der Waals surface area contributed by atoms with E-state index < -0.39 is 24.3 Å². The number of rotatable bonds is 5. The second-order valence-corrected chi connectivity index (χ2v) is 8.96. The maximum absolute atomic E-state index is 10.6. The second-order valence-electron chi connectivity index (χ2n) is 8.96. The maximum Gasteiger partial charge on any atom is 0.490 e. The van der Waals surface area contributed by atoms with Gasteiger partial charge in [0.1, 0.15) is 0 Å². The first-order valence-corrected chi connectivity index (χ1v) is 11.9. The Hall–Kier alpha value is -3.47. The number of methoxy groups -OCH3 is 1. The zero-order valence-electron chi connectivity index (χ0n) is 21.6. The molecule has 4 heterocycles. The lowest BCUT2D eigenvalue weighted by atomic mass is 9.95. The van der Waals surface area contributed by atoms with Crippen molar-refractivity contribution in [3.05, 3.63) is 35.3 Å². The summed E-state index contributed by atoms with van der Waals surface area (Å²) in [7, 11) is 1.77. The Balaban J connectivity index is 0.000000333. The molecule has 224 valence electrons. The molecule has 0 aliphatic carbocycles. The zero-order chi connectivity index (χ0) is 30.1. The lowest BCUT2D eigenvalue weighted by Crippen LogP contribution is -2.37. The highest BCUT2D eigenvalue weighted by atomic mass is 19.4. The van der Waals surface area contributed by atoms with Crippen LogP contribution in [-0.4, -0.2) is 88.0 Å². The minimum Gasteiger partial charge on any atom is -0.475 e. The van der Waals surface area contributed by atoms with Gasteiger partial charge in [-0.2, -0.15) is 36.5 Å². The summed E-state index contributed by atoms with van der Waals surface area (Å²) in [4.78, 5) is 20.1. The van der Waals surface area contributed by atoms with Crippen molar-refractivity contribution in [1.29, 1.82) is 0 Å². The first kappa shape index (κ1) is 32.7. The molecule has 17 heteroatoms. The van der Waals surface area contributed by atoms with Crippen LogP contribution in [0.2, 0.25) is 0 Å². The lowest BCUT2D eigenvalue weighted by Gasteiger charge is -2.34. The molecule has 1 atom stereocenters. The van der Waals surface area contributed by atoms with E-state index in [1.165, 1.54) is 11.3 Å². The molecule has 4 rings (SSSR count). The van der Waals surface area contributed by atoms with Crippen molar-refractivity contribution in [3.8, 4) is 0 Å². The standard InChI is InChI=1S/C19H27N5O2.2C2HF3O2/c1-14-3-4-18(22-21-14)23-11-16-9-20-24(10-15-5-7-26-8-6-15)19(16)17(12-23)13-25-2;2*3-2(4,5)1(6)7/h3-4,9,15,17H,5-8,10-13H2,1-2H3;2*(H,6,7). The minimum absolute atomic E-state index is 0.286. The second kappa shape index (κ2) is 14.2. The Labute approximate surface area is 224 Å². The van der Waals surface area contributed by atoms with E-state index in [1.54, 1.807) is 7.11 Å². The van der Waals surface area contributed by atoms with Gasteiger partial charge in [0.15, 0.2) is 5.82 Å². The van der Waals surface area contributed by atoms with E-state index in [0.29, 0.717) is 12.5 Å². The van der Waals surface area contributed by atoms with Gasteiger partial charge in [0.25, 0.3) is 0 Å². The molecule has 0 bridgehead atoms. The lowest BCUT2D eigenvalue weighted by molar-refractivity contribution is -0.193. The van der Waals surface area contributed by atoms with Crippen LogP contribution in [0.5, 0.6) is 0 Å². The molecule has 1 unspecified atom stereocenters. The Morgan fingerprint density at radius 2 is 1.62 bits per heavy atom. The summed E-state index contributed by atoms with van der Waals surface area (Å²) >= 11 is 0. The fourth-order valence-electron chi connectivity index (χ4n) is 4.04. The number of alkyl halides is 6. The number of aromatic nitrogens is 4. The molecular weight excluding hydrogens is 556 g/mol. The highest BCUT2D eigenvalue weighted by Gasteiger charge is 2.39. The van der Waals surface area contributed by atoms with Crippen LogP contribution in [0.25, 0.3) is 0 Å². The summed E-state index contributed by atoms with van der Waals surface area (Å²) in [6, 6.07) is 4.06. The summed E-state index contributed by atoms with van der Waals surface area (Å²) in [5.74, 6) is -3.66. The van der Waals surface area contributed by atoms with E-state index in [4.69, 9.17) is 34.4 Å². The van der Waals surface area contributed by atoms with Crippen LogP contribution >= 0.6 is 0 Å². The fourth-order valence-corrected chi connectivity index (χ4v) is 4.04. The van der Waals surface area contributed by atoms with Crippen LogP contribution in [0.15, 0.2) is 18.3 Å². The number of halogens is 6. The van der Waals surface area contributed by atoms with Gasteiger partial charge in [-0.05, 0) is 37.8 Å². The highest BCUT2D eigenvalue weighted by molar-refractivity contribution is 5.73. The summed E-state index contributed by atoms with van der Waals surface area (Å²) in [5.41, 5.74) is 3.53. The molecule has 1 saturated heterocycles. The molecule has 0 saturated carbocycles. The minimum atomic E-state index is -5.08. The number of carboxylic acids is 2. The molecule has 0 amide bonds. The first-order chi connectivity index (χ1) is 18.6. The van der Waals surface area contributed by atoms with Crippen LogP contribution in [0, 0.1) is 12.8 Å². The molecule has 0 radical (unpaired) electrons. The van der Waals surface area contributed by atoms with Crippen molar-refractivity contribution in [2.75, 3.05) is 38.4 Å². The number of aliphatic carboxylic acids is 2. The predicted octanol–water partition coefficient (Wildman–Crippen LogP) is 3.42. The number of anilines is 1. The van der Waals surface area contributed by atoms with Crippen LogP contribution in [0.4, 0.5) is 32.2 Å². The monoisotopic (exact) mass is 585 g/mol. The number of fused-ring (bicyclic) bond motifs is 1. The molecule has 11 nitrogen and oxygen atoms in total. The number of carbonyl (C=O) groups is 2. The van der Waals surface area contributed by atoms with Gasteiger partial charge in [0.05, 0.1) is 24.2 Å². The third-order valence-electron chi connectivity index (χ3n) is 5.88. The van der Waals surface area contributed by atoms with Gasteiger partial charge in [-0.3, -0.25) is 4.68 Å². The number of hydrogen-bond acceptors (Lipinski definition) is 8. The third-order valence-corrected chi connectivity index (χ3v) is 5.88. The normalized spacial score (nSPS) is 17.6. The molecule has 0 aromatic carbocycles. The number of carboxylic acid groups (broad SMARTS) is 2. The van der Waals surface area contributed by atoms with E-state index in [1.807, 2.05) is 25.3 Å². The van der Waals surface area contributed by atoms with E-state index >= 15 is 0 Å². The van der Waals surface area contributed by atoms with Gasteiger partial charge < -0.3 is 24.6 Å². The fraction of sp³-hybridized carbons (Fsp3) is 0.609. The van der Waals surface area contributed by atoms with Gasteiger partial charge in [-0.15, -0.1) is 5.10 Å². The maximum atomic E-state index is 10.6. The summed E-state index contributed by atoms with van der Waals surface area (Å²) < 4.78 is 76.7. The summed E-state index contributed by atoms with van der Waals surface area (Å²) in [5, 5.41) is 27.5. The molecule has 2 aromatic rings. The Bertz CT molecular complexity index is 1080. The summed E-state index contributed by atoms with van der Waals surface area (Å²) in [6.45, 7) is 7.05. The molecular formula is C23H29F6N5O6. The van der Waals surface area contributed by atoms with E-state index in [-0.39, 0.29) is 5.92 Å². The number of nitrogens with zero attached hydrogens (tertiary/aromatic N) is 5. The third kappa shape index (κ3) is 9.93. The zero-order valence-corrected chi connectivity index (χ0v) is 21.6. The molecule has 2 aliphatic heterocycles. The molecule has 1 fully saturated rings. The van der Waals surface area contributed by atoms with Crippen LogP contribution in [0.1, 0.15) is 35.7 Å². The Morgan fingerprint density at radius 1 is 1.05 bits per heavy atom. The average molecular weight is 586 g/mol. The Morgan fingerprint density at radius 3 is 2.10 bits per heavy atom. The van der Waals surface area contributed by atoms with Crippen molar-refractivity contribution in [2.24, 2.45) is 5.92 Å². The number of aryl methyl sites for hydroxylation is 1. The quantitative estimate of drug-likeness (QED) is 0.502. The SMILES string of the molecule is COCC1CN(c2ccc(C)nn2)Cc2cnn(CC3CCOCC3)c21.O=C(O)C(F)(F)F.O=C(O)C(F)(F)F. The van der Waals surface area contributed by atoms with E-state index in [0.717, 1.165) is 57.2 Å². The number of ether oxygens (including phenoxy) is 2. The van der Waals surface area contributed by atoms with Gasteiger partial charge in [0, 0.05) is 51.4 Å². The number of hydrogen-bond donors (Lipinski definition) is 2. The van der Waals surface area contributed by atoms with Crippen molar-refractivity contribution in [1.82, 2.24) is 20.0 Å². The van der Waals surface area contributed by atoms with Gasteiger partial charge in [0.2, 0.25) is 0 Å². The average Bonchev–Trinajstić information content (AvgIpc) is 3.27. The van der Waals surface area contributed by atoms with E-state index in [2.05, 4.69) is 19.8 Å². The van der Waals surface area contributed by atoms with Crippen molar-refractivity contribution in [2.45, 2.75) is 51.1 Å². The van der Waals surface area contributed by atoms with Crippen molar-refractivity contribution >= 4 is 17.8 Å². The van der Waals surface area contributed by atoms with Gasteiger partial charge in [-0.25, -0.2) is 9.59 Å². The predicted molar refractivity (Wildman–Crippen MR) is 126 cm³/mol. The highest BCUT2D eigenvalue weighted by Crippen LogP contribution is 2.32. The van der Waals surface area contributed by atoms with Gasteiger partial charge >= 0.3 is 24.3 Å². The molecule has 40 heavy (non-hydrogen) atoms. The Kier molecular flexibility index (Phi) is 11.7. The molecule has 2 aliphatic rings. The van der Waals surface area contributed by atoms with Crippen molar-refractivity contribution in [3.63, 3.8) is 0 Å².